The lowest BCUT2D eigenvalue weighted by Crippen LogP contribution is -2.33. The average molecular weight is 310 g/mol. The third-order valence-electron chi connectivity index (χ3n) is 4.05. The molecule has 0 radical (unpaired) electrons. The quantitative estimate of drug-likeness (QED) is 0.907. The molecule has 23 heavy (non-hydrogen) atoms. The molecule has 5 nitrogen and oxygen atoms in total. The summed E-state index contributed by atoms with van der Waals surface area (Å²) in [5.41, 5.74) is 3.26. The molecule has 2 aromatic rings. The van der Waals surface area contributed by atoms with Crippen LogP contribution in [0, 0.1) is 13.8 Å². The molecule has 3 rings (SSSR count). The molecule has 120 valence electrons. The number of anilines is 2. The van der Waals surface area contributed by atoms with Gasteiger partial charge in [0.05, 0.1) is 0 Å². The maximum atomic E-state index is 12.4. The Kier molecular flexibility index (Phi) is 4.55. The third kappa shape index (κ3) is 4.06. The Labute approximate surface area is 136 Å². The lowest BCUT2D eigenvalue weighted by molar-refractivity contribution is 0.0932. The van der Waals surface area contributed by atoms with Gasteiger partial charge in [0.2, 0.25) is 5.95 Å². The largest absolute Gasteiger partial charge is 0.348 e. The van der Waals surface area contributed by atoms with E-state index in [0.717, 1.165) is 29.8 Å². The number of aromatic nitrogens is 2. The topological polar surface area (TPSA) is 66.9 Å². The van der Waals surface area contributed by atoms with Gasteiger partial charge in [-0.2, -0.15) is 0 Å². The predicted molar refractivity (Wildman–Crippen MR) is 91.0 cm³/mol. The average Bonchev–Trinajstić information content (AvgIpc) is 2.99. The van der Waals surface area contributed by atoms with Crippen molar-refractivity contribution >= 4 is 17.5 Å². The first-order chi connectivity index (χ1) is 11.1. The number of hydrogen-bond acceptors (Lipinski definition) is 4. The van der Waals surface area contributed by atoms with Crippen LogP contribution in [0.25, 0.3) is 0 Å². The van der Waals surface area contributed by atoms with Crippen LogP contribution in [0.4, 0.5) is 11.6 Å². The Morgan fingerprint density at radius 2 is 1.91 bits per heavy atom. The molecule has 0 unspecified atom stereocenters. The molecular weight excluding hydrogens is 288 g/mol. The van der Waals surface area contributed by atoms with Crippen LogP contribution in [0.2, 0.25) is 0 Å². The Hall–Kier alpha value is -2.43. The summed E-state index contributed by atoms with van der Waals surface area (Å²) in [5.74, 6) is 0.335. The molecule has 1 fully saturated rings. The highest BCUT2D eigenvalue weighted by atomic mass is 16.1. The minimum Gasteiger partial charge on any atom is -0.348 e. The van der Waals surface area contributed by atoms with Gasteiger partial charge in [-0.1, -0.05) is 25.0 Å². The fourth-order valence-electron chi connectivity index (χ4n) is 2.92. The Balaban J connectivity index is 1.76. The number of carbonyl (C=O) groups is 1. The van der Waals surface area contributed by atoms with Crippen LogP contribution in [0.5, 0.6) is 0 Å². The zero-order valence-electron chi connectivity index (χ0n) is 13.6. The van der Waals surface area contributed by atoms with Crippen molar-refractivity contribution in [3.8, 4) is 0 Å². The van der Waals surface area contributed by atoms with Crippen molar-refractivity contribution in [3.63, 3.8) is 0 Å². The highest BCUT2D eigenvalue weighted by Gasteiger charge is 2.19. The van der Waals surface area contributed by atoms with Crippen LogP contribution in [-0.2, 0) is 0 Å². The number of aryl methyl sites for hydroxylation is 2. The normalized spacial score (nSPS) is 14.7. The smallest absolute Gasteiger partial charge is 0.270 e. The van der Waals surface area contributed by atoms with E-state index in [1.165, 1.54) is 12.8 Å². The maximum Gasteiger partial charge on any atom is 0.270 e. The van der Waals surface area contributed by atoms with Crippen molar-refractivity contribution in [2.75, 3.05) is 5.32 Å². The van der Waals surface area contributed by atoms with Crippen LogP contribution < -0.4 is 10.6 Å². The zero-order chi connectivity index (χ0) is 16.2. The van der Waals surface area contributed by atoms with Crippen LogP contribution in [-0.4, -0.2) is 21.9 Å². The molecule has 5 heteroatoms. The highest BCUT2D eigenvalue weighted by molar-refractivity contribution is 5.92. The van der Waals surface area contributed by atoms with Crippen LogP contribution in [0.3, 0.4) is 0 Å². The van der Waals surface area contributed by atoms with Gasteiger partial charge in [-0.3, -0.25) is 4.79 Å². The lowest BCUT2D eigenvalue weighted by Gasteiger charge is -2.13. The number of amides is 1. The summed E-state index contributed by atoms with van der Waals surface area (Å²) in [6.07, 6.45) is 4.50. The van der Waals surface area contributed by atoms with Gasteiger partial charge in [0.15, 0.2) is 0 Å². The summed E-state index contributed by atoms with van der Waals surface area (Å²) in [7, 11) is 0. The van der Waals surface area contributed by atoms with Crippen molar-refractivity contribution in [2.45, 2.75) is 45.6 Å². The second-order valence-electron chi connectivity index (χ2n) is 6.17. The van der Waals surface area contributed by atoms with Gasteiger partial charge < -0.3 is 10.6 Å². The fraction of sp³-hybridized carbons (Fsp3) is 0.389. The summed E-state index contributed by atoms with van der Waals surface area (Å²) < 4.78 is 0. The van der Waals surface area contributed by atoms with E-state index in [4.69, 9.17) is 0 Å². The summed E-state index contributed by atoms with van der Waals surface area (Å²) in [6.45, 7) is 3.90. The van der Waals surface area contributed by atoms with Gasteiger partial charge in [-0.25, -0.2) is 9.97 Å². The highest BCUT2D eigenvalue weighted by Crippen LogP contribution is 2.19. The fourth-order valence-corrected chi connectivity index (χ4v) is 2.92. The van der Waals surface area contributed by atoms with Crippen molar-refractivity contribution in [1.29, 1.82) is 0 Å². The van der Waals surface area contributed by atoms with E-state index in [1.807, 2.05) is 38.1 Å². The molecule has 2 N–H and O–H groups in total. The van der Waals surface area contributed by atoms with E-state index >= 15 is 0 Å². The lowest BCUT2D eigenvalue weighted by atomic mass is 10.2. The molecule has 1 aromatic carbocycles. The third-order valence-corrected chi connectivity index (χ3v) is 4.05. The van der Waals surface area contributed by atoms with Crippen LogP contribution in [0.1, 0.15) is 47.4 Å². The molecule has 1 amide bonds. The van der Waals surface area contributed by atoms with E-state index in [-0.39, 0.29) is 11.9 Å². The van der Waals surface area contributed by atoms with Gasteiger partial charge in [-0.15, -0.1) is 0 Å². The first kappa shape index (κ1) is 15.5. The molecule has 0 bridgehead atoms. The summed E-state index contributed by atoms with van der Waals surface area (Å²) in [6, 6.07) is 9.99. The van der Waals surface area contributed by atoms with Crippen LogP contribution in [0.15, 0.2) is 30.3 Å². The second-order valence-corrected chi connectivity index (χ2v) is 6.17. The number of nitrogens with zero attached hydrogens (tertiary/aromatic N) is 2. The van der Waals surface area contributed by atoms with Crippen molar-refractivity contribution in [1.82, 2.24) is 15.3 Å². The number of rotatable bonds is 4. The molecule has 1 heterocycles. The molecule has 0 spiro atoms. The number of nitrogens with one attached hydrogen (secondary N) is 2. The molecule has 0 aliphatic heterocycles. The van der Waals surface area contributed by atoms with E-state index in [0.29, 0.717) is 11.6 Å². The Morgan fingerprint density at radius 1 is 1.13 bits per heavy atom. The molecule has 1 aromatic heterocycles. The van der Waals surface area contributed by atoms with E-state index in [1.54, 1.807) is 6.07 Å². The van der Waals surface area contributed by atoms with E-state index in [2.05, 4.69) is 20.6 Å². The monoisotopic (exact) mass is 310 g/mol. The summed E-state index contributed by atoms with van der Waals surface area (Å²) >= 11 is 0. The summed E-state index contributed by atoms with van der Waals surface area (Å²) in [5, 5.41) is 6.24. The van der Waals surface area contributed by atoms with Gasteiger partial charge in [0.25, 0.3) is 5.91 Å². The van der Waals surface area contributed by atoms with Gasteiger partial charge in [0, 0.05) is 17.4 Å². The summed E-state index contributed by atoms with van der Waals surface area (Å²) in [4.78, 5) is 21.1. The molecular formula is C18H22N4O. The minimum atomic E-state index is -0.116. The van der Waals surface area contributed by atoms with Crippen molar-refractivity contribution in [3.05, 3.63) is 47.3 Å². The molecule has 1 aliphatic rings. The SMILES string of the molecule is Cc1cccc(Nc2nc(C)cc(C(=O)NC3CCCC3)n2)c1. The maximum absolute atomic E-state index is 12.4. The Bertz CT molecular complexity index is 708. The number of benzene rings is 1. The standard InChI is InChI=1S/C18H22N4O/c1-12-6-5-9-15(10-12)21-18-19-13(2)11-16(22-18)17(23)20-14-7-3-4-8-14/h5-6,9-11,14H,3-4,7-8H2,1-2H3,(H,20,23)(H,19,21,22). The van der Waals surface area contributed by atoms with Crippen LogP contribution >= 0.6 is 0 Å². The van der Waals surface area contributed by atoms with Gasteiger partial charge in [0.1, 0.15) is 5.69 Å². The van der Waals surface area contributed by atoms with Crippen molar-refractivity contribution in [2.24, 2.45) is 0 Å². The second kappa shape index (κ2) is 6.77. The predicted octanol–water partition coefficient (Wildman–Crippen LogP) is 3.51. The van der Waals surface area contributed by atoms with Gasteiger partial charge in [-0.05, 0) is 50.5 Å². The molecule has 0 saturated heterocycles. The first-order valence-electron chi connectivity index (χ1n) is 8.10. The zero-order valence-corrected chi connectivity index (χ0v) is 13.6. The molecule has 0 atom stereocenters. The van der Waals surface area contributed by atoms with Crippen molar-refractivity contribution < 1.29 is 4.79 Å². The van der Waals surface area contributed by atoms with E-state index < -0.39 is 0 Å². The number of hydrogen-bond donors (Lipinski definition) is 2. The number of carbonyl (C=O) groups excluding carboxylic acids is 1. The Morgan fingerprint density at radius 3 is 2.65 bits per heavy atom. The van der Waals surface area contributed by atoms with E-state index in [9.17, 15) is 4.79 Å². The molecule has 1 aliphatic carbocycles. The molecule has 1 saturated carbocycles. The first-order valence-corrected chi connectivity index (χ1v) is 8.10. The van der Waals surface area contributed by atoms with Gasteiger partial charge >= 0.3 is 0 Å². The minimum absolute atomic E-state index is 0.116.